The number of piperidine rings is 1. The monoisotopic (exact) mass is 183 g/mol. The van der Waals surface area contributed by atoms with Crippen LogP contribution in [0.3, 0.4) is 0 Å². The lowest BCUT2D eigenvalue weighted by Gasteiger charge is -2.33. The zero-order chi connectivity index (χ0) is 9.26. The highest BCUT2D eigenvalue weighted by molar-refractivity contribution is 5.76. The Morgan fingerprint density at radius 2 is 2.31 bits per heavy atom. The van der Waals surface area contributed by atoms with E-state index in [1.165, 1.54) is 0 Å². The third kappa shape index (κ3) is 1.77. The van der Waals surface area contributed by atoms with E-state index < -0.39 is 0 Å². The third-order valence-electron chi connectivity index (χ3n) is 2.93. The van der Waals surface area contributed by atoms with Crippen LogP contribution in [0.4, 0.5) is 4.79 Å². The van der Waals surface area contributed by atoms with Crippen molar-refractivity contribution in [3.63, 3.8) is 0 Å². The fraction of sp³-hybridized carbons (Fsp3) is 0.889. The van der Waals surface area contributed by atoms with Crippen molar-refractivity contribution in [1.82, 2.24) is 15.5 Å². The van der Waals surface area contributed by atoms with E-state index >= 15 is 0 Å². The smallest absolute Gasteiger partial charge is 0.317 e. The second kappa shape index (κ2) is 3.54. The van der Waals surface area contributed by atoms with Gasteiger partial charge >= 0.3 is 6.03 Å². The number of nitrogens with one attached hydrogen (secondary N) is 2. The lowest BCUT2D eigenvalue weighted by Crippen LogP contribution is -2.47. The van der Waals surface area contributed by atoms with E-state index in [-0.39, 0.29) is 6.03 Å². The Labute approximate surface area is 78.7 Å². The number of carbonyl (C=O) groups excluding carboxylic acids is 1. The van der Waals surface area contributed by atoms with Gasteiger partial charge in [0.05, 0.1) is 0 Å². The first-order valence-corrected chi connectivity index (χ1v) is 5.05. The van der Waals surface area contributed by atoms with Crippen LogP contribution in [0.25, 0.3) is 0 Å². The molecule has 2 rings (SSSR count). The number of amides is 2. The molecular formula is C9H17N3O. The number of hydrogen-bond acceptors (Lipinski definition) is 2. The molecule has 0 bridgehead atoms. The highest BCUT2D eigenvalue weighted by atomic mass is 16.2. The van der Waals surface area contributed by atoms with Crippen molar-refractivity contribution < 1.29 is 4.79 Å². The van der Waals surface area contributed by atoms with Gasteiger partial charge < -0.3 is 15.5 Å². The summed E-state index contributed by atoms with van der Waals surface area (Å²) in [5, 5.41) is 6.24. The van der Waals surface area contributed by atoms with Crippen LogP contribution in [0.5, 0.6) is 0 Å². The second-order valence-electron chi connectivity index (χ2n) is 3.96. The van der Waals surface area contributed by atoms with Crippen LogP contribution in [-0.2, 0) is 0 Å². The Morgan fingerprint density at radius 1 is 1.46 bits per heavy atom. The predicted molar refractivity (Wildman–Crippen MR) is 50.6 cm³/mol. The Bertz CT molecular complexity index is 207. The first-order valence-electron chi connectivity index (χ1n) is 5.05. The van der Waals surface area contributed by atoms with Gasteiger partial charge in [-0.1, -0.05) is 0 Å². The summed E-state index contributed by atoms with van der Waals surface area (Å²) in [7, 11) is 0. The van der Waals surface area contributed by atoms with Gasteiger partial charge in [0.1, 0.15) is 0 Å². The molecule has 0 radical (unpaired) electrons. The van der Waals surface area contributed by atoms with E-state index in [0.717, 1.165) is 32.5 Å². The Balaban J connectivity index is 1.95. The first-order chi connectivity index (χ1) is 6.27. The summed E-state index contributed by atoms with van der Waals surface area (Å²) >= 11 is 0. The van der Waals surface area contributed by atoms with Crippen molar-refractivity contribution in [2.45, 2.75) is 31.8 Å². The summed E-state index contributed by atoms with van der Waals surface area (Å²) in [6, 6.07) is 1.13. The van der Waals surface area contributed by atoms with Crippen LogP contribution in [0.15, 0.2) is 0 Å². The van der Waals surface area contributed by atoms with Crippen LogP contribution < -0.4 is 10.6 Å². The van der Waals surface area contributed by atoms with Gasteiger partial charge in [0.2, 0.25) is 0 Å². The summed E-state index contributed by atoms with van der Waals surface area (Å²) in [5.41, 5.74) is 0. The average Bonchev–Trinajstić information content (AvgIpc) is 2.51. The molecular weight excluding hydrogens is 166 g/mol. The molecule has 0 saturated carbocycles. The van der Waals surface area contributed by atoms with Crippen LogP contribution in [-0.4, -0.2) is 42.6 Å². The molecule has 2 N–H and O–H groups in total. The number of rotatable bonds is 1. The first kappa shape index (κ1) is 8.81. The summed E-state index contributed by atoms with van der Waals surface area (Å²) in [5.74, 6) is 0. The molecule has 2 amide bonds. The predicted octanol–water partition coefficient (Wildman–Crippen LogP) is 0.152. The maximum atomic E-state index is 11.4. The molecule has 4 heteroatoms. The molecule has 0 aromatic carbocycles. The number of nitrogens with zero attached hydrogens (tertiary/aromatic N) is 1. The van der Waals surface area contributed by atoms with E-state index in [4.69, 9.17) is 0 Å². The molecule has 0 aromatic heterocycles. The van der Waals surface area contributed by atoms with Gasteiger partial charge in [0, 0.05) is 25.2 Å². The van der Waals surface area contributed by atoms with Crippen LogP contribution in [0, 0.1) is 0 Å². The van der Waals surface area contributed by atoms with Gasteiger partial charge in [-0.2, -0.15) is 0 Å². The topological polar surface area (TPSA) is 44.4 Å². The standard InChI is InChI=1S/C9H17N3O/c1-7-6-8(2-3-10-7)12-5-4-11-9(12)13/h7-8,10H,2-6H2,1H3,(H,11,13). The molecule has 0 spiro atoms. The molecule has 2 unspecified atom stereocenters. The fourth-order valence-electron chi connectivity index (χ4n) is 2.22. The van der Waals surface area contributed by atoms with Gasteiger partial charge in [0.25, 0.3) is 0 Å². The molecule has 2 aliphatic rings. The summed E-state index contributed by atoms with van der Waals surface area (Å²) in [4.78, 5) is 13.4. The number of carbonyl (C=O) groups is 1. The quantitative estimate of drug-likeness (QED) is 0.608. The molecule has 2 atom stereocenters. The van der Waals surface area contributed by atoms with Gasteiger partial charge in [0.15, 0.2) is 0 Å². The zero-order valence-electron chi connectivity index (χ0n) is 8.05. The second-order valence-corrected chi connectivity index (χ2v) is 3.96. The number of urea groups is 1. The van der Waals surface area contributed by atoms with Crippen molar-refractivity contribution in [2.24, 2.45) is 0 Å². The van der Waals surface area contributed by atoms with Gasteiger partial charge in [-0.25, -0.2) is 4.79 Å². The maximum Gasteiger partial charge on any atom is 0.317 e. The van der Waals surface area contributed by atoms with E-state index in [2.05, 4.69) is 17.6 Å². The molecule has 2 aliphatic heterocycles. The highest BCUT2D eigenvalue weighted by Crippen LogP contribution is 2.16. The summed E-state index contributed by atoms with van der Waals surface area (Å²) < 4.78 is 0. The Morgan fingerprint density at radius 3 is 2.92 bits per heavy atom. The van der Waals surface area contributed by atoms with Crippen molar-refractivity contribution in [3.8, 4) is 0 Å². The molecule has 74 valence electrons. The normalized spacial score (nSPS) is 34.8. The largest absolute Gasteiger partial charge is 0.336 e. The van der Waals surface area contributed by atoms with Crippen molar-refractivity contribution in [2.75, 3.05) is 19.6 Å². The minimum absolute atomic E-state index is 0.124. The zero-order valence-corrected chi connectivity index (χ0v) is 8.05. The van der Waals surface area contributed by atoms with Crippen LogP contribution >= 0.6 is 0 Å². The summed E-state index contributed by atoms with van der Waals surface area (Å²) in [6.07, 6.45) is 2.19. The molecule has 0 aromatic rings. The van der Waals surface area contributed by atoms with E-state index in [1.807, 2.05) is 4.90 Å². The number of hydrogen-bond donors (Lipinski definition) is 2. The van der Waals surface area contributed by atoms with Crippen molar-refractivity contribution in [1.29, 1.82) is 0 Å². The lowest BCUT2D eigenvalue weighted by molar-refractivity contribution is 0.173. The third-order valence-corrected chi connectivity index (χ3v) is 2.93. The lowest BCUT2D eigenvalue weighted by atomic mass is 9.99. The highest BCUT2D eigenvalue weighted by Gasteiger charge is 2.30. The van der Waals surface area contributed by atoms with Gasteiger partial charge in [-0.15, -0.1) is 0 Å². The fourth-order valence-corrected chi connectivity index (χ4v) is 2.22. The summed E-state index contributed by atoms with van der Waals surface area (Å²) in [6.45, 7) is 4.92. The van der Waals surface area contributed by atoms with E-state index in [1.54, 1.807) is 0 Å². The maximum absolute atomic E-state index is 11.4. The van der Waals surface area contributed by atoms with Crippen molar-refractivity contribution >= 4 is 6.03 Å². The average molecular weight is 183 g/mol. The molecule has 2 saturated heterocycles. The molecule has 13 heavy (non-hydrogen) atoms. The van der Waals surface area contributed by atoms with E-state index in [9.17, 15) is 4.79 Å². The van der Waals surface area contributed by atoms with Gasteiger partial charge in [-0.3, -0.25) is 0 Å². The Kier molecular flexibility index (Phi) is 2.40. The van der Waals surface area contributed by atoms with Crippen LogP contribution in [0.1, 0.15) is 19.8 Å². The van der Waals surface area contributed by atoms with Crippen molar-refractivity contribution in [3.05, 3.63) is 0 Å². The molecule has 0 aliphatic carbocycles. The minimum atomic E-state index is 0.124. The minimum Gasteiger partial charge on any atom is -0.336 e. The van der Waals surface area contributed by atoms with Gasteiger partial charge in [-0.05, 0) is 26.3 Å². The Hall–Kier alpha value is -0.770. The molecule has 2 fully saturated rings. The molecule has 4 nitrogen and oxygen atoms in total. The van der Waals surface area contributed by atoms with Crippen LogP contribution in [0.2, 0.25) is 0 Å². The SMILES string of the molecule is CC1CC(N2CCNC2=O)CCN1. The molecule has 2 heterocycles. The van der Waals surface area contributed by atoms with E-state index in [0.29, 0.717) is 12.1 Å².